The Morgan fingerprint density at radius 1 is 1.05 bits per heavy atom. The van der Waals surface area contributed by atoms with Crippen LogP contribution in [-0.2, 0) is 5.54 Å². The maximum Gasteiger partial charge on any atom is 0.315 e. The van der Waals surface area contributed by atoms with Crippen molar-refractivity contribution in [3.63, 3.8) is 0 Å². The highest BCUT2D eigenvalue weighted by atomic mass is 16.2. The standard InChI is InChI=1S/C16H22N2O/c19-15(17-14-9-4-5-10-14)18-16(11-6-12-16)13-7-2-1-3-8-13/h1-3,7-8,14H,4-6,9-12H2,(H2,17,18,19). The van der Waals surface area contributed by atoms with Crippen LogP contribution in [0.5, 0.6) is 0 Å². The molecule has 0 bridgehead atoms. The number of hydrogen-bond donors (Lipinski definition) is 2. The number of benzene rings is 1. The highest BCUT2D eigenvalue weighted by Crippen LogP contribution is 2.41. The molecule has 0 heterocycles. The maximum absolute atomic E-state index is 12.2. The van der Waals surface area contributed by atoms with Gasteiger partial charge in [0.2, 0.25) is 0 Å². The van der Waals surface area contributed by atoms with E-state index in [4.69, 9.17) is 0 Å². The van der Waals surface area contributed by atoms with E-state index in [1.54, 1.807) is 0 Å². The first kappa shape index (κ1) is 12.5. The van der Waals surface area contributed by atoms with Crippen molar-refractivity contribution in [2.75, 3.05) is 0 Å². The van der Waals surface area contributed by atoms with Crippen molar-refractivity contribution in [2.24, 2.45) is 0 Å². The van der Waals surface area contributed by atoms with Crippen LogP contribution in [0.4, 0.5) is 4.79 Å². The molecule has 0 unspecified atom stereocenters. The Kier molecular flexibility index (Phi) is 3.45. The molecule has 0 aromatic heterocycles. The predicted molar refractivity (Wildman–Crippen MR) is 75.9 cm³/mol. The fourth-order valence-corrected chi connectivity index (χ4v) is 3.28. The minimum absolute atomic E-state index is 0.00968. The zero-order valence-corrected chi connectivity index (χ0v) is 11.3. The first-order valence-electron chi connectivity index (χ1n) is 7.43. The number of carbonyl (C=O) groups excluding carboxylic acids is 1. The molecule has 3 rings (SSSR count). The Balaban J connectivity index is 1.64. The minimum atomic E-state index is -0.121. The second-order valence-corrected chi connectivity index (χ2v) is 5.88. The van der Waals surface area contributed by atoms with Gasteiger partial charge < -0.3 is 10.6 Å². The molecule has 3 heteroatoms. The van der Waals surface area contributed by atoms with Crippen LogP contribution in [0, 0.1) is 0 Å². The lowest BCUT2D eigenvalue weighted by atomic mass is 9.72. The van der Waals surface area contributed by atoms with Crippen molar-refractivity contribution in [3.05, 3.63) is 35.9 Å². The van der Waals surface area contributed by atoms with Gasteiger partial charge >= 0.3 is 6.03 Å². The Morgan fingerprint density at radius 3 is 2.32 bits per heavy atom. The Labute approximate surface area is 114 Å². The van der Waals surface area contributed by atoms with Gasteiger partial charge in [-0.2, -0.15) is 0 Å². The zero-order valence-electron chi connectivity index (χ0n) is 11.3. The van der Waals surface area contributed by atoms with E-state index >= 15 is 0 Å². The topological polar surface area (TPSA) is 41.1 Å². The number of amides is 2. The molecule has 0 spiro atoms. The number of urea groups is 1. The van der Waals surface area contributed by atoms with Crippen LogP contribution < -0.4 is 10.6 Å². The molecule has 0 aliphatic heterocycles. The largest absolute Gasteiger partial charge is 0.335 e. The fraction of sp³-hybridized carbons (Fsp3) is 0.562. The van der Waals surface area contributed by atoms with Crippen LogP contribution >= 0.6 is 0 Å². The van der Waals surface area contributed by atoms with Crippen molar-refractivity contribution >= 4 is 6.03 Å². The van der Waals surface area contributed by atoms with E-state index in [9.17, 15) is 4.79 Å². The molecule has 2 aliphatic rings. The summed E-state index contributed by atoms with van der Waals surface area (Å²) >= 11 is 0. The monoisotopic (exact) mass is 258 g/mol. The summed E-state index contributed by atoms with van der Waals surface area (Å²) < 4.78 is 0. The molecule has 2 saturated carbocycles. The van der Waals surface area contributed by atoms with Gasteiger partial charge in [-0.15, -0.1) is 0 Å². The average molecular weight is 258 g/mol. The van der Waals surface area contributed by atoms with E-state index in [1.165, 1.54) is 24.8 Å². The van der Waals surface area contributed by atoms with Gasteiger partial charge in [0.15, 0.2) is 0 Å². The summed E-state index contributed by atoms with van der Waals surface area (Å²) in [6.07, 6.45) is 8.05. The highest BCUT2D eigenvalue weighted by Gasteiger charge is 2.40. The molecule has 19 heavy (non-hydrogen) atoms. The van der Waals surface area contributed by atoms with Crippen molar-refractivity contribution in [1.82, 2.24) is 10.6 Å². The van der Waals surface area contributed by atoms with Gasteiger partial charge in [-0.1, -0.05) is 43.2 Å². The van der Waals surface area contributed by atoms with Crippen molar-refractivity contribution < 1.29 is 4.79 Å². The van der Waals surface area contributed by atoms with Crippen LogP contribution in [0.25, 0.3) is 0 Å². The Hall–Kier alpha value is -1.51. The molecule has 102 valence electrons. The van der Waals surface area contributed by atoms with Crippen molar-refractivity contribution in [2.45, 2.75) is 56.5 Å². The van der Waals surface area contributed by atoms with Gasteiger partial charge in [0, 0.05) is 6.04 Å². The van der Waals surface area contributed by atoms with E-state index < -0.39 is 0 Å². The van der Waals surface area contributed by atoms with Crippen LogP contribution in [0.2, 0.25) is 0 Å². The van der Waals surface area contributed by atoms with Gasteiger partial charge in [-0.05, 0) is 37.7 Å². The predicted octanol–water partition coefficient (Wildman–Crippen LogP) is 3.31. The van der Waals surface area contributed by atoms with Crippen molar-refractivity contribution in [1.29, 1.82) is 0 Å². The summed E-state index contributed by atoms with van der Waals surface area (Å²) in [6.45, 7) is 0. The molecule has 2 N–H and O–H groups in total. The summed E-state index contributed by atoms with van der Waals surface area (Å²) in [5.41, 5.74) is 1.12. The third-order valence-corrected chi connectivity index (χ3v) is 4.58. The lowest BCUT2D eigenvalue weighted by Gasteiger charge is -2.43. The van der Waals surface area contributed by atoms with Gasteiger partial charge in [0.1, 0.15) is 0 Å². The average Bonchev–Trinajstić information content (AvgIpc) is 2.88. The number of hydrogen-bond acceptors (Lipinski definition) is 1. The second-order valence-electron chi connectivity index (χ2n) is 5.88. The molecule has 2 fully saturated rings. The second kappa shape index (κ2) is 5.24. The first-order valence-corrected chi connectivity index (χ1v) is 7.43. The van der Waals surface area contributed by atoms with Crippen molar-refractivity contribution in [3.8, 4) is 0 Å². The molecule has 0 atom stereocenters. The van der Waals surface area contributed by atoms with Crippen LogP contribution in [0.3, 0.4) is 0 Å². The molecule has 2 aliphatic carbocycles. The fourth-order valence-electron chi connectivity index (χ4n) is 3.28. The van der Waals surface area contributed by atoms with E-state index in [0.717, 1.165) is 25.7 Å². The molecule has 0 saturated heterocycles. The van der Waals surface area contributed by atoms with Crippen LogP contribution in [0.15, 0.2) is 30.3 Å². The van der Waals surface area contributed by atoms with E-state index in [2.05, 4.69) is 22.8 Å². The summed E-state index contributed by atoms with van der Waals surface area (Å²) in [6, 6.07) is 10.7. The number of carbonyl (C=O) groups is 1. The summed E-state index contributed by atoms with van der Waals surface area (Å²) in [5, 5.41) is 6.35. The number of nitrogens with one attached hydrogen (secondary N) is 2. The smallest absolute Gasteiger partial charge is 0.315 e. The third-order valence-electron chi connectivity index (χ3n) is 4.58. The Morgan fingerprint density at radius 2 is 1.74 bits per heavy atom. The SMILES string of the molecule is O=C(NC1CCCC1)NC1(c2ccccc2)CCC1. The highest BCUT2D eigenvalue weighted by molar-refractivity contribution is 5.75. The first-order chi connectivity index (χ1) is 9.28. The van der Waals surface area contributed by atoms with Gasteiger partial charge in [0.05, 0.1) is 5.54 Å². The lowest BCUT2D eigenvalue weighted by Crippen LogP contribution is -2.55. The minimum Gasteiger partial charge on any atom is -0.335 e. The zero-order chi connectivity index (χ0) is 13.1. The molecular formula is C16H22N2O. The quantitative estimate of drug-likeness (QED) is 0.858. The summed E-state index contributed by atoms with van der Waals surface area (Å²) in [5.74, 6) is 0. The van der Waals surface area contributed by atoms with E-state index in [0.29, 0.717) is 6.04 Å². The normalized spacial score (nSPS) is 21.7. The van der Waals surface area contributed by atoms with Crippen LogP contribution in [-0.4, -0.2) is 12.1 Å². The molecule has 3 nitrogen and oxygen atoms in total. The molecule has 1 aromatic carbocycles. The Bertz CT molecular complexity index is 433. The third kappa shape index (κ3) is 2.60. The molecule has 2 amide bonds. The molecule has 1 aromatic rings. The van der Waals surface area contributed by atoms with Gasteiger partial charge in [-0.25, -0.2) is 4.79 Å². The van der Waals surface area contributed by atoms with Gasteiger partial charge in [0.25, 0.3) is 0 Å². The molecular weight excluding hydrogens is 236 g/mol. The lowest BCUT2D eigenvalue weighted by molar-refractivity contribution is 0.175. The molecule has 0 radical (unpaired) electrons. The van der Waals surface area contributed by atoms with Gasteiger partial charge in [-0.3, -0.25) is 0 Å². The van der Waals surface area contributed by atoms with Crippen LogP contribution in [0.1, 0.15) is 50.5 Å². The summed E-state index contributed by atoms with van der Waals surface area (Å²) in [7, 11) is 0. The maximum atomic E-state index is 12.2. The van der Waals surface area contributed by atoms with E-state index in [-0.39, 0.29) is 11.6 Å². The summed E-state index contributed by atoms with van der Waals surface area (Å²) in [4.78, 5) is 12.2. The number of rotatable bonds is 3. The van der Waals surface area contributed by atoms with E-state index in [1.807, 2.05) is 18.2 Å².